The number of methoxy groups -OCH3 is 1. The summed E-state index contributed by atoms with van der Waals surface area (Å²) in [6.45, 7) is 10.4. The van der Waals surface area contributed by atoms with E-state index in [1.54, 1.807) is 28.7 Å². The van der Waals surface area contributed by atoms with Crippen LogP contribution in [0.15, 0.2) is 60.0 Å². The lowest BCUT2D eigenvalue weighted by Crippen LogP contribution is -2.44. The van der Waals surface area contributed by atoms with E-state index in [1.807, 2.05) is 18.2 Å². The number of likely N-dealkylation sites (N-methyl/N-ethyl adjacent to an activating group) is 1. The first-order valence-corrected chi connectivity index (χ1v) is 13.4. The van der Waals surface area contributed by atoms with E-state index in [-0.39, 0.29) is 5.56 Å². The molecule has 1 unspecified atom stereocenters. The highest BCUT2D eigenvalue weighted by Gasteiger charge is 2.36. The Morgan fingerprint density at radius 1 is 1.10 bits per heavy atom. The van der Waals surface area contributed by atoms with Crippen molar-refractivity contribution >= 4 is 28.4 Å². The van der Waals surface area contributed by atoms with Crippen LogP contribution in [0.3, 0.4) is 0 Å². The molecule has 0 spiro atoms. The molecular weight excluding hydrogens is 492 g/mol. The van der Waals surface area contributed by atoms with Crippen molar-refractivity contribution in [1.82, 2.24) is 29.2 Å². The first-order valence-electron chi connectivity index (χ1n) is 13.4. The van der Waals surface area contributed by atoms with E-state index in [1.165, 1.54) is 5.69 Å². The summed E-state index contributed by atoms with van der Waals surface area (Å²) in [5.41, 5.74) is 3.96. The topological polar surface area (TPSA) is 93.3 Å². The Bertz CT molecular complexity index is 1580. The Morgan fingerprint density at radius 3 is 2.59 bits per heavy atom. The summed E-state index contributed by atoms with van der Waals surface area (Å²) < 4.78 is 9.18. The second-order valence-electron chi connectivity index (χ2n) is 10.5. The maximum Gasteiger partial charge on any atom is 0.278 e. The van der Waals surface area contributed by atoms with Crippen LogP contribution in [-0.4, -0.2) is 69.6 Å². The molecule has 10 nitrogen and oxygen atoms in total. The summed E-state index contributed by atoms with van der Waals surface area (Å²) in [7, 11) is 3.87. The van der Waals surface area contributed by atoms with E-state index in [0.29, 0.717) is 29.3 Å². The molecule has 1 fully saturated rings. The van der Waals surface area contributed by atoms with Crippen LogP contribution in [0.1, 0.15) is 24.6 Å². The molecule has 0 bridgehead atoms. The number of piperazine rings is 1. The number of nitrogens with one attached hydrogen (secondary N) is 1. The zero-order valence-corrected chi connectivity index (χ0v) is 22.7. The number of rotatable bonds is 7. The molecule has 1 aliphatic heterocycles. The van der Waals surface area contributed by atoms with Crippen LogP contribution in [0, 0.1) is 0 Å². The molecule has 1 atom stereocenters. The van der Waals surface area contributed by atoms with Gasteiger partial charge in [-0.25, -0.2) is 19.3 Å². The first-order chi connectivity index (χ1) is 18.9. The van der Waals surface area contributed by atoms with Crippen molar-refractivity contribution in [3.63, 3.8) is 0 Å². The quantitative estimate of drug-likeness (QED) is 0.366. The van der Waals surface area contributed by atoms with Gasteiger partial charge in [0, 0.05) is 50.9 Å². The lowest BCUT2D eigenvalue weighted by molar-refractivity contribution is 0.000484. The van der Waals surface area contributed by atoms with Gasteiger partial charge in [0.1, 0.15) is 11.0 Å². The number of anilines is 3. The third-order valence-corrected chi connectivity index (χ3v) is 7.97. The van der Waals surface area contributed by atoms with Crippen LogP contribution in [0.25, 0.3) is 16.9 Å². The zero-order valence-electron chi connectivity index (χ0n) is 22.7. The summed E-state index contributed by atoms with van der Waals surface area (Å²) in [6, 6.07) is 12.3. The van der Waals surface area contributed by atoms with Crippen LogP contribution < -0.4 is 15.8 Å². The predicted molar refractivity (Wildman–Crippen MR) is 153 cm³/mol. The van der Waals surface area contributed by atoms with Crippen molar-refractivity contribution in [2.75, 3.05) is 50.6 Å². The highest BCUT2D eigenvalue weighted by Crippen LogP contribution is 2.38. The van der Waals surface area contributed by atoms with Gasteiger partial charge in [-0.05, 0) is 62.7 Å². The minimum atomic E-state index is -0.462. The molecular formula is C29H34N8O2. The normalized spacial score (nSPS) is 19.4. The summed E-state index contributed by atoms with van der Waals surface area (Å²) >= 11 is 0. The molecule has 0 amide bonds. The van der Waals surface area contributed by atoms with Crippen molar-refractivity contribution < 1.29 is 4.74 Å². The number of benzene rings is 1. The monoisotopic (exact) mass is 526 g/mol. The smallest absolute Gasteiger partial charge is 0.278 e. The number of hydrogen-bond donors (Lipinski definition) is 1. The van der Waals surface area contributed by atoms with Gasteiger partial charge >= 0.3 is 0 Å². The zero-order chi connectivity index (χ0) is 27.1. The summed E-state index contributed by atoms with van der Waals surface area (Å²) in [6.07, 6.45) is 5.04. The number of fused-ring (bicyclic) bond motifs is 2. The maximum absolute atomic E-state index is 13.3. The van der Waals surface area contributed by atoms with E-state index in [2.05, 4.69) is 58.9 Å². The SMILES string of the molecule is C=CCn1c(=O)c2cnc(Nc3ccc(N4CCN(C)CC4)cc3)nc2n1-c1ccc2c(n1)C(C)(OC)CC2. The standard InChI is InChI=1S/C29H34N8O2/c1-5-14-36-27(38)23-19-30-28(31-21-7-9-22(10-8-21)35-17-15-34(3)16-18-35)33-26(23)37(36)24-11-6-20-12-13-29(2,39-4)25(20)32-24/h5-11,19H,1,12-18H2,2-4H3,(H,30,31,33). The average molecular weight is 527 g/mol. The lowest BCUT2D eigenvalue weighted by atomic mass is 10.0. The van der Waals surface area contributed by atoms with E-state index in [9.17, 15) is 4.79 Å². The Balaban J connectivity index is 1.36. The van der Waals surface area contributed by atoms with Crippen molar-refractivity contribution in [3.05, 3.63) is 76.9 Å². The van der Waals surface area contributed by atoms with Gasteiger partial charge in [-0.1, -0.05) is 12.1 Å². The molecule has 10 heteroatoms. The Kier molecular flexibility index (Phi) is 6.44. The molecule has 6 rings (SSSR count). The number of ether oxygens (including phenoxy) is 1. The highest BCUT2D eigenvalue weighted by molar-refractivity contribution is 5.77. The third-order valence-electron chi connectivity index (χ3n) is 7.97. The fourth-order valence-corrected chi connectivity index (χ4v) is 5.50. The molecule has 4 aromatic rings. The molecule has 0 saturated carbocycles. The molecule has 1 saturated heterocycles. The van der Waals surface area contributed by atoms with Gasteiger partial charge in [0.2, 0.25) is 5.95 Å². The van der Waals surface area contributed by atoms with Gasteiger partial charge in [0.25, 0.3) is 5.56 Å². The second kappa shape index (κ2) is 9.94. The summed E-state index contributed by atoms with van der Waals surface area (Å²) in [5.74, 6) is 1.01. The molecule has 1 aliphatic carbocycles. The third kappa shape index (κ3) is 4.49. The number of aromatic nitrogens is 5. The molecule has 4 heterocycles. The molecule has 39 heavy (non-hydrogen) atoms. The van der Waals surface area contributed by atoms with Crippen molar-refractivity contribution in [1.29, 1.82) is 0 Å². The minimum Gasteiger partial charge on any atom is -0.372 e. The summed E-state index contributed by atoms with van der Waals surface area (Å²) in [4.78, 5) is 32.3. The van der Waals surface area contributed by atoms with E-state index < -0.39 is 5.60 Å². The van der Waals surface area contributed by atoms with Gasteiger partial charge in [-0.15, -0.1) is 6.58 Å². The van der Waals surface area contributed by atoms with E-state index >= 15 is 0 Å². The molecule has 1 N–H and O–H groups in total. The van der Waals surface area contributed by atoms with Crippen molar-refractivity contribution in [2.45, 2.75) is 31.9 Å². The highest BCUT2D eigenvalue weighted by atomic mass is 16.5. The van der Waals surface area contributed by atoms with Gasteiger partial charge in [-0.2, -0.15) is 4.98 Å². The fourth-order valence-electron chi connectivity index (χ4n) is 5.50. The lowest BCUT2D eigenvalue weighted by Gasteiger charge is -2.34. The van der Waals surface area contributed by atoms with Crippen LogP contribution in [0.2, 0.25) is 0 Å². The second-order valence-corrected chi connectivity index (χ2v) is 10.5. The Hall–Kier alpha value is -4.02. The van der Waals surface area contributed by atoms with Crippen LogP contribution in [-0.2, 0) is 23.3 Å². The van der Waals surface area contributed by atoms with E-state index in [4.69, 9.17) is 14.7 Å². The predicted octanol–water partition coefficient (Wildman–Crippen LogP) is 3.47. The number of nitrogens with zero attached hydrogens (tertiary/aromatic N) is 7. The van der Waals surface area contributed by atoms with Crippen LogP contribution in [0.5, 0.6) is 0 Å². The van der Waals surface area contributed by atoms with Crippen LogP contribution >= 0.6 is 0 Å². The van der Waals surface area contributed by atoms with Crippen molar-refractivity contribution in [2.24, 2.45) is 0 Å². The van der Waals surface area contributed by atoms with Gasteiger partial charge in [0.05, 0.1) is 12.2 Å². The molecule has 0 radical (unpaired) electrons. The Labute approximate surface area is 227 Å². The van der Waals surface area contributed by atoms with Gasteiger partial charge in [0.15, 0.2) is 11.5 Å². The number of aryl methyl sites for hydroxylation is 1. The Morgan fingerprint density at radius 2 is 1.87 bits per heavy atom. The number of allylic oxidation sites excluding steroid dienone is 1. The first kappa shape index (κ1) is 25.3. The van der Waals surface area contributed by atoms with E-state index in [0.717, 1.165) is 56.0 Å². The van der Waals surface area contributed by atoms with Gasteiger partial charge < -0.3 is 19.9 Å². The molecule has 202 valence electrons. The number of hydrogen-bond acceptors (Lipinski definition) is 8. The maximum atomic E-state index is 13.3. The average Bonchev–Trinajstić information content (AvgIpc) is 3.43. The molecule has 1 aromatic carbocycles. The van der Waals surface area contributed by atoms with Crippen LogP contribution in [0.4, 0.5) is 17.3 Å². The molecule has 3 aromatic heterocycles. The summed E-state index contributed by atoms with van der Waals surface area (Å²) in [5, 5.41) is 3.72. The fraction of sp³-hybridized carbons (Fsp3) is 0.379. The molecule has 2 aliphatic rings. The number of pyridine rings is 1. The minimum absolute atomic E-state index is 0.190. The largest absolute Gasteiger partial charge is 0.372 e. The van der Waals surface area contributed by atoms with Crippen molar-refractivity contribution in [3.8, 4) is 5.82 Å². The van der Waals surface area contributed by atoms with Gasteiger partial charge in [-0.3, -0.25) is 4.79 Å².